The van der Waals surface area contributed by atoms with E-state index in [4.69, 9.17) is 11.6 Å². The van der Waals surface area contributed by atoms with Gasteiger partial charge in [-0.3, -0.25) is 0 Å². The van der Waals surface area contributed by atoms with Crippen molar-refractivity contribution in [3.05, 3.63) is 0 Å². The monoisotopic (exact) mass is 272 g/mol. The van der Waals surface area contributed by atoms with E-state index in [1.54, 1.807) is 25.5 Å². The van der Waals surface area contributed by atoms with Gasteiger partial charge in [0.1, 0.15) is 0 Å². The molecule has 0 aliphatic carbocycles. The molecule has 1 amide bonds. The highest BCUT2D eigenvalue weighted by atomic mass is 35.5. The minimum absolute atomic E-state index is 0.134. The zero-order valence-corrected chi connectivity index (χ0v) is 11.1. The first-order valence-corrected chi connectivity index (χ1v) is 6.77. The highest BCUT2D eigenvalue weighted by molar-refractivity contribution is 7.88. The Bertz CT molecular complexity index is 316. The van der Waals surface area contributed by atoms with Gasteiger partial charge in [0.2, 0.25) is 0 Å². The van der Waals surface area contributed by atoms with Crippen molar-refractivity contribution in [1.82, 2.24) is 9.44 Å². The van der Waals surface area contributed by atoms with Gasteiger partial charge in [0.15, 0.2) is 0 Å². The van der Waals surface area contributed by atoms with Gasteiger partial charge in [-0.25, -0.2) is 9.52 Å². The van der Waals surface area contributed by atoms with Gasteiger partial charge in [0.25, 0.3) is 0 Å². The molecule has 96 valence electrons. The van der Waals surface area contributed by atoms with Gasteiger partial charge >= 0.3 is 16.3 Å². The lowest BCUT2D eigenvalue weighted by Crippen LogP contribution is -2.41. The summed E-state index contributed by atoms with van der Waals surface area (Å²) in [7, 11) is -3.86. The largest absolute Gasteiger partial charge is 0.446 e. The zero-order chi connectivity index (χ0) is 12.8. The van der Waals surface area contributed by atoms with Gasteiger partial charge in [-0.2, -0.15) is 13.1 Å². The Labute approximate surface area is 101 Å². The first-order chi connectivity index (χ1) is 7.23. The normalized spacial score (nSPS) is 13.6. The van der Waals surface area contributed by atoms with E-state index in [9.17, 15) is 13.2 Å². The van der Waals surface area contributed by atoms with Crippen molar-refractivity contribution >= 4 is 27.9 Å². The molecule has 0 aliphatic heterocycles. The maximum atomic E-state index is 11.2. The number of carbonyl (C=O) groups is 1. The minimum atomic E-state index is -3.86. The lowest BCUT2D eigenvalue weighted by Gasteiger charge is -2.11. The Kier molecular flexibility index (Phi) is 6.70. The molecule has 0 aromatic rings. The Hall–Kier alpha value is -0.530. The molecule has 1 unspecified atom stereocenters. The van der Waals surface area contributed by atoms with Crippen LogP contribution in [0, 0.1) is 0 Å². The van der Waals surface area contributed by atoms with E-state index in [0.29, 0.717) is 6.42 Å². The molecular weight excluding hydrogens is 256 g/mol. The fourth-order valence-corrected chi connectivity index (χ4v) is 1.61. The molecule has 16 heavy (non-hydrogen) atoms. The van der Waals surface area contributed by atoms with Gasteiger partial charge in [0, 0.05) is 11.9 Å². The maximum absolute atomic E-state index is 11.2. The Balaban J connectivity index is 4.00. The highest BCUT2D eigenvalue weighted by Crippen LogP contribution is 1.98. The molecule has 8 heteroatoms. The van der Waals surface area contributed by atoms with Crippen LogP contribution in [0.5, 0.6) is 0 Å². The van der Waals surface area contributed by atoms with Crippen LogP contribution in [0.15, 0.2) is 0 Å². The first-order valence-electron chi connectivity index (χ1n) is 4.85. The molecule has 0 aromatic carbocycles. The van der Waals surface area contributed by atoms with Crippen molar-refractivity contribution in [1.29, 1.82) is 0 Å². The molecule has 0 spiro atoms. The number of alkyl halides is 1. The summed E-state index contributed by atoms with van der Waals surface area (Å²) >= 11 is 5.63. The van der Waals surface area contributed by atoms with Gasteiger partial charge < -0.3 is 4.74 Å². The van der Waals surface area contributed by atoms with Crippen LogP contribution in [0.4, 0.5) is 4.79 Å². The highest BCUT2D eigenvalue weighted by Gasteiger charge is 2.15. The summed E-state index contributed by atoms with van der Waals surface area (Å²) in [6, 6.07) is 0. The topological polar surface area (TPSA) is 84.5 Å². The average molecular weight is 273 g/mol. The molecule has 0 radical (unpaired) electrons. The molecular formula is C8H17ClN2O4S. The molecule has 1 atom stereocenters. The van der Waals surface area contributed by atoms with Crippen molar-refractivity contribution in [2.45, 2.75) is 38.7 Å². The van der Waals surface area contributed by atoms with E-state index >= 15 is 0 Å². The van der Waals surface area contributed by atoms with Crippen molar-refractivity contribution in [2.24, 2.45) is 0 Å². The molecule has 0 saturated carbocycles. The van der Waals surface area contributed by atoms with Crippen LogP contribution in [-0.4, -0.2) is 32.5 Å². The maximum Gasteiger partial charge on any atom is 0.422 e. The summed E-state index contributed by atoms with van der Waals surface area (Å²) in [5.41, 5.74) is 0. The van der Waals surface area contributed by atoms with Gasteiger partial charge in [-0.05, 0) is 27.2 Å². The molecule has 0 aliphatic rings. The van der Waals surface area contributed by atoms with Gasteiger partial charge in [-0.15, -0.1) is 11.6 Å². The van der Waals surface area contributed by atoms with Crippen LogP contribution in [0.25, 0.3) is 0 Å². The third-order valence-corrected chi connectivity index (χ3v) is 2.63. The molecule has 0 rings (SSSR count). The van der Waals surface area contributed by atoms with E-state index in [1.165, 1.54) is 0 Å². The second-order valence-electron chi connectivity index (χ2n) is 3.52. The summed E-state index contributed by atoms with van der Waals surface area (Å²) < 4.78 is 31.0. The first kappa shape index (κ1) is 15.5. The predicted molar refractivity (Wildman–Crippen MR) is 61.6 cm³/mol. The minimum Gasteiger partial charge on any atom is -0.446 e. The lowest BCUT2D eigenvalue weighted by molar-refractivity contribution is 0.121. The number of ether oxygens (including phenoxy) is 1. The number of rotatable bonds is 6. The fourth-order valence-electron chi connectivity index (χ4n) is 0.776. The summed E-state index contributed by atoms with van der Waals surface area (Å²) in [5.74, 6) is 0. The fraction of sp³-hybridized carbons (Fsp3) is 0.875. The number of carbonyl (C=O) groups excluding carboxylic acids is 1. The molecule has 2 N–H and O–H groups in total. The zero-order valence-electron chi connectivity index (χ0n) is 9.49. The van der Waals surface area contributed by atoms with Crippen molar-refractivity contribution < 1.29 is 17.9 Å². The lowest BCUT2D eigenvalue weighted by atomic mass is 10.3. The second kappa shape index (κ2) is 6.93. The van der Waals surface area contributed by atoms with Crippen LogP contribution in [-0.2, 0) is 14.9 Å². The summed E-state index contributed by atoms with van der Waals surface area (Å²) in [6.07, 6.45) is -0.902. The molecule has 0 bridgehead atoms. The Morgan fingerprint density at radius 2 is 1.94 bits per heavy atom. The number of hydrogen-bond acceptors (Lipinski definition) is 4. The van der Waals surface area contributed by atoms with Crippen LogP contribution in [0.2, 0.25) is 0 Å². The van der Waals surface area contributed by atoms with Gasteiger partial charge in [-0.1, -0.05) is 0 Å². The quantitative estimate of drug-likeness (QED) is 0.706. The molecule has 0 saturated heterocycles. The third kappa shape index (κ3) is 8.75. The van der Waals surface area contributed by atoms with Crippen molar-refractivity contribution in [3.63, 3.8) is 0 Å². The van der Waals surface area contributed by atoms with Crippen LogP contribution in [0.3, 0.4) is 0 Å². The van der Waals surface area contributed by atoms with Crippen LogP contribution < -0.4 is 9.44 Å². The molecule has 0 fully saturated rings. The molecule has 0 aromatic heterocycles. The average Bonchev–Trinajstić information content (AvgIpc) is 1.98. The van der Waals surface area contributed by atoms with Crippen LogP contribution >= 0.6 is 11.6 Å². The van der Waals surface area contributed by atoms with Gasteiger partial charge in [0.05, 0.1) is 6.10 Å². The van der Waals surface area contributed by atoms with E-state index in [1.807, 2.05) is 0 Å². The number of nitrogens with one attached hydrogen (secondary N) is 2. The molecule has 6 nitrogen and oxygen atoms in total. The smallest absolute Gasteiger partial charge is 0.422 e. The number of amides is 1. The van der Waals surface area contributed by atoms with E-state index in [-0.39, 0.29) is 18.0 Å². The SMILES string of the molecule is CC(Cl)CCNS(=O)(=O)NC(=O)OC(C)C. The summed E-state index contributed by atoms with van der Waals surface area (Å²) in [6.45, 7) is 5.15. The predicted octanol–water partition coefficient (Wildman–Crippen LogP) is 0.973. The van der Waals surface area contributed by atoms with E-state index in [0.717, 1.165) is 0 Å². The number of hydrogen-bond donors (Lipinski definition) is 2. The standard InChI is InChI=1S/C8H17ClN2O4S/c1-6(2)15-8(12)11-16(13,14)10-5-4-7(3)9/h6-7,10H,4-5H2,1-3H3,(H,11,12). The van der Waals surface area contributed by atoms with Crippen molar-refractivity contribution in [3.8, 4) is 0 Å². The van der Waals surface area contributed by atoms with Crippen molar-refractivity contribution in [2.75, 3.05) is 6.54 Å². The Morgan fingerprint density at radius 1 is 1.38 bits per heavy atom. The second-order valence-corrected chi connectivity index (χ2v) is 5.77. The Morgan fingerprint density at radius 3 is 2.38 bits per heavy atom. The summed E-state index contributed by atoms with van der Waals surface area (Å²) in [5, 5.41) is -0.134. The van der Waals surface area contributed by atoms with E-state index < -0.39 is 16.3 Å². The van der Waals surface area contributed by atoms with E-state index in [2.05, 4.69) is 9.46 Å². The summed E-state index contributed by atoms with van der Waals surface area (Å²) in [4.78, 5) is 11.0. The number of halogens is 1. The molecule has 0 heterocycles. The third-order valence-electron chi connectivity index (χ3n) is 1.39. The van der Waals surface area contributed by atoms with Crippen LogP contribution in [0.1, 0.15) is 27.2 Å².